The fourth-order valence-electron chi connectivity index (χ4n) is 3.10. The molecule has 0 saturated carbocycles. The van der Waals surface area contributed by atoms with Gasteiger partial charge in [-0.15, -0.1) is 12.4 Å². The standard InChI is InChI=1S/C13H25N3O4S.ClH/c1-15-21(18,19)9-11-3-2-6-16(11)13(17)12(14)10-4-7-20-8-5-10;/h10-12,15H,2-9,14H2,1H3;1H. The van der Waals surface area contributed by atoms with Crippen molar-refractivity contribution in [1.29, 1.82) is 0 Å². The van der Waals surface area contributed by atoms with Crippen molar-refractivity contribution in [3.63, 3.8) is 0 Å². The average Bonchev–Trinajstić information content (AvgIpc) is 2.94. The van der Waals surface area contributed by atoms with E-state index in [1.165, 1.54) is 7.05 Å². The van der Waals surface area contributed by atoms with Gasteiger partial charge in [-0.3, -0.25) is 4.79 Å². The van der Waals surface area contributed by atoms with Crippen molar-refractivity contribution < 1.29 is 17.9 Å². The zero-order valence-electron chi connectivity index (χ0n) is 12.9. The summed E-state index contributed by atoms with van der Waals surface area (Å²) in [6, 6.07) is -0.812. The monoisotopic (exact) mass is 355 g/mol. The van der Waals surface area contributed by atoms with Crippen LogP contribution in [0.15, 0.2) is 0 Å². The average molecular weight is 356 g/mol. The van der Waals surface area contributed by atoms with Crippen LogP contribution >= 0.6 is 12.4 Å². The molecule has 2 rings (SSSR count). The molecule has 0 aliphatic carbocycles. The topological polar surface area (TPSA) is 102 Å². The molecule has 7 nitrogen and oxygen atoms in total. The number of ether oxygens (including phenoxy) is 1. The van der Waals surface area contributed by atoms with Crippen LogP contribution in [-0.2, 0) is 19.6 Å². The molecule has 0 radical (unpaired) electrons. The van der Waals surface area contributed by atoms with E-state index < -0.39 is 16.1 Å². The molecular formula is C13H26ClN3O4S. The smallest absolute Gasteiger partial charge is 0.240 e. The quantitative estimate of drug-likeness (QED) is 0.705. The van der Waals surface area contributed by atoms with Crippen molar-refractivity contribution in [1.82, 2.24) is 9.62 Å². The first-order valence-electron chi connectivity index (χ1n) is 7.49. The third-order valence-corrected chi connectivity index (χ3v) is 5.89. The lowest BCUT2D eigenvalue weighted by Crippen LogP contribution is -2.52. The number of nitrogens with zero attached hydrogens (tertiary/aromatic N) is 1. The van der Waals surface area contributed by atoms with Gasteiger partial charge in [0.2, 0.25) is 15.9 Å². The third kappa shape index (κ3) is 4.79. The van der Waals surface area contributed by atoms with Crippen molar-refractivity contribution in [2.75, 3.05) is 32.6 Å². The second-order valence-corrected chi connectivity index (χ2v) is 7.76. The Morgan fingerprint density at radius 1 is 1.36 bits per heavy atom. The molecule has 0 bridgehead atoms. The molecular weight excluding hydrogens is 330 g/mol. The highest BCUT2D eigenvalue weighted by molar-refractivity contribution is 7.89. The van der Waals surface area contributed by atoms with E-state index in [1.807, 2.05) is 0 Å². The van der Waals surface area contributed by atoms with Gasteiger partial charge < -0.3 is 15.4 Å². The van der Waals surface area contributed by atoms with Crippen molar-refractivity contribution in [2.24, 2.45) is 11.7 Å². The maximum atomic E-state index is 12.6. The van der Waals surface area contributed by atoms with Gasteiger partial charge in [0.15, 0.2) is 0 Å². The van der Waals surface area contributed by atoms with E-state index in [9.17, 15) is 13.2 Å². The fourth-order valence-corrected chi connectivity index (χ4v) is 4.12. The van der Waals surface area contributed by atoms with E-state index in [0.29, 0.717) is 26.2 Å². The second-order valence-electron chi connectivity index (χ2n) is 5.79. The van der Waals surface area contributed by atoms with Crippen LogP contribution in [0.5, 0.6) is 0 Å². The summed E-state index contributed by atoms with van der Waals surface area (Å²) in [5.41, 5.74) is 6.12. The van der Waals surface area contributed by atoms with Crippen LogP contribution in [-0.4, -0.2) is 63.9 Å². The molecule has 2 saturated heterocycles. The summed E-state index contributed by atoms with van der Waals surface area (Å²) in [6.07, 6.45) is 3.13. The zero-order valence-corrected chi connectivity index (χ0v) is 14.5. The van der Waals surface area contributed by atoms with E-state index in [-0.39, 0.29) is 36.0 Å². The number of hydrogen-bond acceptors (Lipinski definition) is 5. The van der Waals surface area contributed by atoms with E-state index in [0.717, 1.165) is 19.3 Å². The predicted octanol–water partition coefficient (Wildman–Crippen LogP) is -0.298. The number of sulfonamides is 1. The zero-order chi connectivity index (χ0) is 15.5. The van der Waals surface area contributed by atoms with Gasteiger partial charge >= 0.3 is 0 Å². The Morgan fingerprint density at radius 2 is 2.00 bits per heavy atom. The minimum atomic E-state index is -3.32. The molecule has 0 spiro atoms. The SMILES string of the molecule is CNS(=O)(=O)CC1CCCN1C(=O)C(N)C1CCOCC1.Cl. The molecule has 2 aliphatic rings. The second kappa shape index (κ2) is 8.44. The number of halogens is 1. The molecule has 2 fully saturated rings. The van der Waals surface area contributed by atoms with Gasteiger partial charge in [-0.05, 0) is 38.6 Å². The number of hydrogen-bond donors (Lipinski definition) is 2. The molecule has 1 amide bonds. The third-order valence-electron chi connectivity index (χ3n) is 4.44. The van der Waals surface area contributed by atoms with Crippen molar-refractivity contribution in [3.8, 4) is 0 Å². The Kier molecular flexibility index (Phi) is 7.54. The van der Waals surface area contributed by atoms with Gasteiger partial charge in [-0.1, -0.05) is 0 Å². The molecule has 0 aromatic heterocycles. The molecule has 2 heterocycles. The van der Waals surface area contributed by atoms with Crippen LogP contribution < -0.4 is 10.5 Å². The summed E-state index contributed by atoms with van der Waals surface area (Å²) in [7, 11) is -1.93. The fraction of sp³-hybridized carbons (Fsp3) is 0.923. The lowest BCUT2D eigenvalue weighted by molar-refractivity contribution is -0.135. The van der Waals surface area contributed by atoms with Crippen molar-refractivity contribution in [2.45, 2.75) is 37.8 Å². The molecule has 22 heavy (non-hydrogen) atoms. The number of nitrogens with two attached hydrogens (primary N) is 1. The number of nitrogens with one attached hydrogen (secondary N) is 1. The first-order valence-corrected chi connectivity index (χ1v) is 9.15. The molecule has 2 unspecified atom stereocenters. The Labute approximate surface area is 138 Å². The van der Waals surface area contributed by atoms with Gasteiger partial charge in [0.05, 0.1) is 11.8 Å². The number of likely N-dealkylation sites (tertiary alicyclic amines) is 1. The first kappa shape index (κ1) is 19.6. The van der Waals surface area contributed by atoms with Gasteiger partial charge in [-0.25, -0.2) is 13.1 Å². The minimum Gasteiger partial charge on any atom is -0.381 e. The maximum absolute atomic E-state index is 12.6. The number of rotatable bonds is 5. The number of carbonyl (C=O) groups is 1. The number of carbonyl (C=O) groups excluding carboxylic acids is 1. The molecule has 0 aromatic rings. The Hall–Kier alpha value is -0.410. The predicted molar refractivity (Wildman–Crippen MR) is 86.3 cm³/mol. The summed E-state index contributed by atoms with van der Waals surface area (Å²) >= 11 is 0. The van der Waals surface area contributed by atoms with Crippen molar-refractivity contribution in [3.05, 3.63) is 0 Å². The summed E-state index contributed by atoms with van der Waals surface area (Å²) < 4.78 is 31.0. The lowest BCUT2D eigenvalue weighted by atomic mass is 9.91. The highest BCUT2D eigenvalue weighted by Gasteiger charge is 2.37. The van der Waals surface area contributed by atoms with Gasteiger partial charge in [0, 0.05) is 25.8 Å². The lowest BCUT2D eigenvalue weighted by Gasteiger charge is -2.32. The summed E-state index contributed by atoms with van der Waals surface area (Å²) in [4.78, 5) is 14.2. The minimum absolute atomic E-state index is 0. The van der Waals surface area contributed by atoms with E-state index >= 15 is 0 Å². The normalized spacial score (nSPS) is 24.8. The van der Waals surface area contributed by atoms with Crippen LogP contribution in [0.3, 0.4) is 0 Å². The summed E-state index contributed by atoms with van der Waals surface area (Å²) in [5, 5.41) is 0. The van der Waals surface area contributed by atoms with Crippen LogP contribution in [0.25, 0.3) is 0 Å². The molecule has 2 aliphatic heterocycles. The van der Waals surface area contributed by atoms with E-state index in [2.05, 4.69) is 4.72 Å². The molecule has 9 heteroatoms. The number of amides is 1. The first-order chi connectivity index (χ1) is 9.94. The molecule has 2 atom stereocenters. The Bertz CT molecular complexity index is 468. The highest BCUT2D eigenvalue weighted by Crippen LogP contribution is 2.24. The van der Waals surface area contributed by atoms with Gasteiger partial charge in [-0.2, -0.15) is 0 Å². The maximum Gasteiger partial charge on any atom is 0.240 e. The van der Waals surface area contributed by atoms with Crippen LogP contribution in [0.4, 0.5) is 0 Å². The van der Waals surface area contributed by atoms with Crippen LogP contribution in [0.1, 0.15) is 25.7 Å². The largest absolute Gasteiger partial charge is 0.381 e. The Balaban J connectivity index is 0.00000242. The van der Waals surface area contributed by atoms with Crippen LogP contribution in [0.2, 0.25) is 0 Å². The molecule has 3 N–H and O–H groups in total. The van der Waals surface area contributed by atoms with Crippen LogP contribution in [0, 0.1) is 5.92 Å². The molecule has 130 valence electrons. The highest BCUT2D eigenvalue weighted by atomic mass is 35.5. The van der Waals surface area contributed by atoms with Gasteiger partial charge in [0.1, 0.15) is 0 Å². The van der Waals surface area contributed by atoms with Gasteiger partial charge in [0.25, 0.3) is 0 Å². The van der Waals surface area contributed by atoms with E-state index in [4.69, 9.17) is 10.5 Å². The summed E-state index contributed by atoms with van der Waals surface area (Å²) in [5.74, 6) is -0.0282. The van der Waals surface area contributed by atoms with E-state index in [1.54, 1.807) is 4.90 Å². The Morgan fingerprint density at radius 3 is 2.59 bits per heavy atom. The summed E-state index contributed by atoms with van der Waals surface area (Å²) in [6.45, 7) is 1.88. The molecule has 0 aromatic carbocycles. The van der Waals surface area contributed by atoms with Crippen molar-refractivity contribution >= 4 is 28.3 Å².